The summed E-state index contributed by atoms with van der Waals surface area (Å²) in [4.78, 5) is 3.63. The first-order valence-corrected chi connectivity index (χ1v) is 9.63. The highest BCUT2D eigenvalue weighted by Gasteiger charge is 2.25. The lowest BCUT2D eigenvalue weighted by molar-refractivity contribution is 0.673. The highest BCUT2D eigenvalue weighted by molar-refractivity contribution is 6.39. The van der Waals surface area contributed by atoms with E-state index in [1.165, 1.54) is 65.3 Å². The fraction of sp³-hybridized carbons (Fsp3) is 0. The van der Waals surface area contributed by atoms with Crippen molar-refractivity contribution < 1.29 is 4.42 Å². The molecular formula is C26H13NO. The molecule has 7 aromatic rings. The largest absolute Gasteiger partial charge is 0.455 e. The van der Waals surface area contributed by atoms with E-state index in [0.29, 0.717) is 0 Å². The topological polar surface area (TPSA) is 28.9 Å². The van der Waals surface area contributed by atoms with Crippen LogP contribution in [-0.4, -0.2) is 4.98 Å². The van der Waals surface area contributed by atoms with Crippen molar-refractivity contribution in [1.29, 1.82) is 0 Å². The molecule has 0 saturated carbocycles. The number of aromatic amines is 1. The van der Waals surface area contributed by atoms with Gasteiger partial charge in [-0.05, 0) is 51.6 Å². The molecule has 0 unspecified atom stereocenters. The molecule has 1 aliphatic carbocycles. The van der Waals surface area contributed by atoms with Crippen molar-refractivity contribution in [3.05, 3.63) is 72.8 Å². The van der Waals surface area contributed by atoms with Crippen LogP contribution in [0.3, 0.4) is 0 Å². The Hall–Kier alpha value is -3.78. The van der Waals surface area contributed by atoms with Gasteiger partial charge in [0.1, 0.15) is 11.2 Å². The Morgan fingerprint density at radius 3 is 2.36 bits per heavy atom. The number of hydrogen-bond donors (Lipinski definition) is 1. The molecule has 2 heteroatoms. The van der Waals surface area contributed by atoms with Crippen LogP contribution in [0.5, 0.6) is 0 Å². The summed E-state index contributed by atoms with van der Waals surface area (Å²) >= 11 is 0. The zero-order valence-corrected chi connectivity index (χ0v) is 14.8. The number of hydrogen-bond acceptors (Lipinski definition) is 1. The van der Waals surface area contributed by atoms with Gasteiger partial charge in [0, 0.05) is 38.0 Å². The van der Waals surface area contributed by atoms with E-state index in [4.69, 9.17) is 4.42 Å². The van der Waals surface area contributed by atoms with E-state index in [1.54, 1.807) is 0 Å². The molecule has 0 saturated heterocycles. The Labute approximate surface area is 159 Å². The summed E-state index contributed by atoms with van der Waals surface area (Å²) in [5.41, 5.74) is 6.89. The minimum atomic E-state index is 0.964. The van der Waals surface area contributed by atoms with Crippen LogP contribution in [0.2, 0.25) is 0 Å². The molecule has 0 fully saturated rings. The minimum Gasteiger partial charge on any atom is -0.455 e. The van der Waals surface area contributed by atoms with Crippen molar-refractivity contribution in [2.45, 2.75) is 0 Å². The van der Waals surface area contributed by atoms with Gasteiger partial charge in [-0.1, -0.05) is 48.5 Å². The Kier molecular flexibility index (Phi) is 2.01. The predicted molar refractivity (Wildman–Crippen MR) is 117 cm³/mol. The summed E-state index contributed by atoms with van der Waals surface area (Å²) in [6.07, 6.45) is 0. The summed E-state index contributed by atoms with van der Waals surface area (Å²) < 4.78 is 6.48. The second-order valence-electron chi connectivity index (χ2n) is 7.83. The first kappa shape index (κ1) is 13.4. The average Bonchev–Trinajstić information content (AvgIpc) is 3.27. The van der Waals surface area contributed by atoms with Crippen LogP contribution in [0.25, 0.3) is 76.4 Å². The Morgan fingerprint density at radius 2 is 1.39 bits per heavy atom. The maximum Gasteiger partial charge on any atom is 0.143 e. The minimum absolute atomic E-state index is 0.964. The molecule has 2 aromatic heterocycles. The van der Waals surface area contributed by atoms with Crippen LogP contribution in [0.15, 0.2) is 77.2 Å². The van der Waals surface area contributed by atoms with E-state index in [0.717, 1.165) is 11.2 Å². The van der Waals surface area contributed by atoms with Gasteiger partial charge < -0.3 is 9.40 Å². The maximum absolute atomic E-state index is 6.48. The Morgan fingerprint density at radius 1 is 0.571 bits per heavy atom. The second-order valence-corrected chi connectivity index (χ2v) is 7.83. The smallest absolute Gasteiger partial charge is 0.143 e. The molecule has 5 aromatic carbocycles. The molecule has 28 heavy (non-hydrogen) atoms. The molecule has 0 spiro atoms. The Bertz CT molecular complexity index is 1810. The molecule has 128 valence electrons. The molecule has 0 amide bonds. The van der Waals surface area contributed by atoms with Gasteiger partial charge in [-0.2, -0.15) is 0 Å². The molecular weight excluding hydrogens is 342 g/mol. The highest BCUT2D eigenvalue weighted by Crippen LogP contribution is 2.50. The number of rotatable bonds is 0. The molecule has 2 nitrogen and oxygen atoms in total. The maximum atomic E-state index is 6.48. The second kappa shape index (κ2) is 4.20. The van der Waals surface area contributed by atoms with Crippen molar-refractivity contribution in [3.8, 4) is 11.1 Å². The standard InChI is InChI=1S/C26H13NO/c1-2-6-15-14(4-1)12-17-16-7-3-5-13-8-9-18-23(21(13)16)24-19(27-18)10-11-20-25(24)22(17)26(15)28-20/h1-12,27H. The summed E-state index contributed by atoms with van der Waals surface area (Å²) in [7, 11) is 0. The van der Waals surface area contributed by atoms with E-state index in [9.17, 15) is 0 Å². The zero-order valence-electron chi connectivity index (χ0n) is 14.8. The van der Waals surface area contributed by atoms with E-state index in [1.807, 2.05) is 0 Å². The van der Waals surface area contributed by atoms with Crippen LogP contribution in [0.4, 0.5) is 0 Å². The SMILES string of the molecule is c1ccc2c(c1)cc1c3c2oc2ccc4[nH]c5ccc6cccc-1c6c5c4c23. The highest BCUT2D eigenvalue weighted by atomic mass is 16.3. The van der Waals surface area contributed by atoms with Crippen LogP contribution in [0, 0.1) is 0 Å². The lowest BCUT2D eigenvalue weighted by Crippen LogP contribution is -1.84. The molecule has 0 bridgehead atoms. The number of nitrogens with one attached hydrogen (secondary N) is 1. The van der Waals surface area contributed by atoms with Crippen molar-refractivity contribution in [3.63, 3.8) is 0 Å². The third-order valence-electron chi connectivity index (χ3n) is 6.49. The third kappa shape index (κ3) is 1.32. The normalized spacial score (nSPS) is 13.0. The van der Waals surface area contributed by atoms with E-state index in [2.05, 4.69) is 77.8 Å². The first-order chi connectivity index (χ1) is 13.9. The van der Waals surface area contributed by atoms with Crippen LogP contribution >= 0.6 is 0 Å². The van der Waals surface area contributed by atoms with Crippen LogP contribution in [0.1, 0.15) is 0 Å². The van der Waals surface area contributed by atoms with Gasteiger partial charge in [0.05, 0.1) is 0 Å². The number of furan rings is 1. The van der Waals surface area contributed by atoms with Gasteiger partial charge in [0.25, 0.3) is 0 Å². The van der Waals surface area contributed by atoms with Crippen molar-refractivity contribution >= 4 is 65.3 Å². The monoisotopic (exact) mass is 355 g/mol. The van der Waals surface area contributed by atoms with E-state index in [-0.39, 0.29) is 0 Å². The van der Waals surface area contributed by atoms with Gasteiger partial charge in [-0.3, -0.25) is 0 Å². The number of fused-ring (bicyclic) bond motifs is 3. The fourth-order valence-corrected chi connectivity index (χ4v) is 5.38. The van der Waals surface area contributed by atoms with Crippen molar-refractivity contribution in [1.82, 2.24) is 4.98 Å². The molecule has 0 radical (unpaired) electrons. The van der Waals surface area contributed by atoms with Gasteiger partial charge in [-0.25, -0.2) is 0 Å². The molecule has 1 aliphatic rings. The number of benzene rings is 5. The molecule has 0 aliphatic heterocycles. The predicted octanol–water partition coefficient (Wildman–Crippen LogP) is 7.51. The zero-order chi connectivity index (χ0) is 18.0. The van der Waals surface area contributed by atoms with Crippen LogP contribution in [-0.2, 0) is 0 Å². The summed E-state index contributed by atoms with van der Waals surface area (Å²) in [5.74, 6) is 0. The van der Waals surface area contributed by atoms with Crippen molar-refractivity contribution in [2.75, 3.05) is 0 Å². The first-order valence-electron chi connectivity index (χ1n) is 9.63. The molecule has 8 rings (SSSR count). The van der Waals surface area contributed by atoms with Gasteiger partial charge in [-0.15, -0.1) is 0 Å². The quantitative estimate of drug-likeness (QED) is 0.300. The number of H-pyrrole nitrogens is 1. The van der Waals surface area contributed by atoms with Gasteiger partial charge in [0.15, 0.2) is 0 Å². The molecule has 0 atom stereocenters. The summed E-state index contributed by atoms with van der Waals surface area (Å²) in [6.45, 7) is 0. The number of aromatic nitrogens is 1. The van der Waals surface area contributed by atoms with Crippen LogP contribution < -0.4 is 0 Å². The molecule has 1 N–H and O–H groups in total. The summed E-state index contributed by atoms with van der Waals surface area (Å²) in [5, 5.41) is 10.1. The Balaban J connectivity index is 1.88. The average molecular weight is 355 g/mol. The van der Waals surface area contributed by atoms with Crippen molar-refractivity contribution in [2.24, 2.45) is 0 Å². The summed E-state index contributed by atoms with van der Waals surface area (Å²) in [6, 6.07) is 26.2. The van der Waals surface area contributed by atoms with Gasteiger partial charge in [0.2, 0.25) is 0 Å². The third-order valence-corrected chi connectivity index (χ3v) is 6.49. The lowest BCUT2D eigenvalue weighted by atomic mass is 9.93. The fourth-order valence-electron chi connectivity index (χ4n) is 5.38. The lowest BCUT2D eigenvalue weighted by Gasteiger charge is -2.10. The molecule has 2 heterocycles. The van der Waals surface area contributed by atoms with E-state index < -0.39 is 0 Å². The van der Waals surface area contributed by atoms with E-state index >= 15 is 0 Å². The van der Waals surface area contributed by atoms with Gasteiger partial charge >= 0.3 is 0 Å².